The summed E-state index contributed by atoms with van der Waals surface area (Å²) in [6.45, 7) is -0.325. The Balaban J connectivity index is 1.57. The van der Waals surface area contributed by atoms with E-state index in [-0.39, 0.29) is 35.7 Å². The predicted molar refractivity (Wildman–Crippen MR) is 116 cm³/mol. The first-order valence-corrected chi connectivity index (χ1v) is 10.9. The minimum atomic E-state index is -3.83. The Morgan fingerprint density at radius 1 is 1.18 bits per heavy atom. The molecule has 33 heavy (non-hydrogen) atoms. The van der Waals surface area contributed by atoms with Crippen LogP contribution in [-0.4, -0.2) is 37.4 Å². The van der Waals surface area contributed by atoms with Gasteiger partial charge in [0.15, 0.2) is 18.2 Å². The molecule has 13 heteroatoms. The normalized spacial score (nSPS) is 13.0. The van der Waals surface area contributed by atoms with Crippen LogP contribution in [0.25, 0.3) is 0 Å². The zero-order valence-corrected chi connectivity index (χ0v) is 17.6. The van der Waals surface area contributed by atoms with Gasteiger partial charge in [-0.3, -0.25) is 9.69 Å². The van der Waals surface area contributed by atoms with Gasteiger partial charge in [-0.2, -0.15) is 10.2 Å². The number of sulfonamides is 1. The Labute approximate surface area is 187 Å². The number of nitrogens with two attached hydrogens (primary N) is 1. The summed E-state index contributed by atoms with van der Waals surface area (Å²) >= 11 is 0. The molecule has 0 unspecified atom stereocenters. The van der Waals surface area contributed by atoms with Crippen LogP contribution in [0.15, 0.2) is 53.6 Å². The smallest absolute Gasteiger partial charge is 0.265 e. The average Bonchev–Trinajstić information content (AvgIpc) is 2.78. The van der Waals surface area contributed by atoms with Crippen LogP contribution < -0.4 is 25.4 Å². The van der Waals surface area contributed by atoms with Gasteiger partial charge in [0.1, 0.15) is 12.3 Å². The van der Waals surface area contributed by atoms with E-state index in [2.05, 4.69) is 20.6 Å². The van der Waals surface area contributed by atoms with Gasteiger partial charge in [-0.05, 0) is 42.5 Å². The van der Waals surface area contributed by atoms with E-state index in [4.69, 9.17) is 15.1 Å². The van der Waals surface area contributed by atoms with Gasteiger partial charge in [-0.1, -0.05) is 0 Å². The van der Waals surface area contributed by atoms with Crippen LogP contribution >= 0.6 is 0 Å². The second kappa shape index (κ2) is 8.69. The second-order valence-corrected chi connectivity index (χ2v) is 8.38. The number of primary sulfonamides is 1. The van der Waals surface area contributed by atoms with Gasteiger partial charge in [-0.15, -0.1) is 0 Å². The lowest BCUT2D eigenvalue weighted by Gasteiger charge is -2.27. The number of amides is 1. The Bertz CT molecular complexity index is 1370. The molecule has 3 aromatic rings. The maximum Gasteiger partial charge on any atom is 0.265 e. The van der Waals surface area contributed by atoms with Crippen LogP contribution in [0.4, 0.5) is 33.2 Å². The van der Waals surface area contributed by atoms with E-state index in [1.807, 2.05) is 6.07 Å². The summed E-state index contributed by atoms with van der Waals surface area (Å²) in [7, 11) is -3.83. The van der Waals surface area contributed by atoms with Crippen molar-refractivity contribution < 1.29 is 22.3 Å². The van der Waals surface area contributed by atoms with E-state index < -0.39 is 15.8 Å². The van der Waals surface area contributed by atoms with Gasteiger partial charge in [-0.25, -0.2) is 22.9 Å². The van der Waals surface area contributed by atoms with E-state index >= 15 is 0 Å². The van der Waals surface area contributed by atoms with Crippen molar-refractivity contribution in [2.45, 2.75) is 4.90 Å². The van der Waals surface area contributed by atoms with E-state index in [0.29, 0.717) is 22.8 Å². The summed E-state index contributed by atoms with van der Waals surface area (Å²) in [4.78, 5) is 21.3. The maximum absolute atomic E-state index is 14.3. The number of nitrogens with zero attached hydrogens (tertiary/aromatic N) is 4. The highest BCUT2D eigenvalue weighted by Crippen LogP contribution is 2.35. The minimum absolute atomic E-state index is 0.0461. The topological polar surface area (TPSA) is 163 Å². The highest BCUT2D eigenvalue weighted by Gasteiger charge is 2.25. The summed E-state index contributed by atoms with van der Waals surface area (Å²) in [6, 6.07) is 12.2. The van der Waals surface area contributed by atoms with Crippen molar-refractivity contribution in [2.75, 3.05) is 28.7 Å². The molecular weight excluding hydrogens is 453 g/mol. The van der Waals surface area contributed by atoms with Crippen LogP contribution in [0.3, 0.4) is 0 Å². The van der Waals surface area contributed by atoms with Gasteiger partial charge >= 0.3 is 0 Å². The molecule has 0 radical (unpaired) electrons. The molecule has 0 atom stereocenters. The lowest BCUT2D eigenvalue weighted by atomic mass is 10.2. The van der Waals surface area contributed by atoms with Crippen molar-refractivity contribution in [1.82, 2.24) is 9.97 Å². The third kappa shape index (κ3) is 4.81. The first-order chi connectivity index (χ1) is 15.7. The monoisotopic (exact) mass is 469 g/mol. The molecule has 11 nitrogen and oxygen atoms in total. The predicted octanol–water partition coefficient (Wildman–Crippen LogP) is 2.00. The highest BCUT2D eigenvalue weighted by molar-refractivity contribution is 7.89. The molecular formula is C20H16FN7O4S. The fraction of sp³-hybridized carbons (Fsp3) is 0.100. The largest absolute Gasteiger partial charge is 0.482 e. The SMILES string of the molecule is N#CCN1C(=O)COc2ccc(Nc3nc(Nc4ccc(S(N)(=O)=O)cc4)ncc3F)cc21. The number of ether oxygens (including phenoxy) is 1. The van der Waals surface area contributed by atoms with Crippen molar-refractivity contribution in [3.63, 3.8) is 0 Å². The standard InChI is InChI=1S/C20H16FN7O4S/c21-15-10-24-20(26-12-1-4-14(5-2-12)33(23,30)31)27-19(15)25-13-3-6-17-16(9-13)28(8-7-22)18(29)11-32-17/h1-6,9-10H,8,11H2,(H2,23,30,31)(H2,24,25,26,27). The molecule has 0 spiro atoms. The molecule has 2 aromatic carbocycles. The number of carbonyl (C=O) groups is 1. The number of nitriles is 1. The van der Waals surface area contributed by atoms with Gasteiger partial charge in [0.2, 0.25) is 16.0 Å². The van der Waals surface area contributed by atoms with Crippen LogP contribution in [0.2, 0.25) is 0 Å². The van der Waals surface area contributed by atoms with Crippen LogP contribution in [0.5, 0.6) is 5.75 Å². The number of fused-ring (bicyclic) bond motifs is 1. The number of aromatic nitrogens is 2. The van der Waals surface area contributed by atoms with Crippen LogP contribution in [-0.2, 0) is 14.8 Å². The molecule has 1 aliphatic rings. The molecule has 0 saturated heterocycles. The highest BCUT2D eigenvalue weighted by atomic mass is 32.2. The Kier molecular flexibility index (Phi) is 5.78. The van der Waals surface area contributed by atoms with E-state index in [9.17, 15) is 17.6 Å². The Morgan fingerprint density at radius 2 is 1.91 bits per heavy atom. The van der Waals surface area contributed by atoms with Crippen LogP contribution in [0.1, 0.15) is 0 Å². The lowest BCUT2D eigenvalue weighted by Crippen LogP contribution is -2.39. The molecule has 2 heterocycles. The summed E-state index contributed by atoms with van der Waals surface area (Å²) in [5.74, 6) is -0.782. The zero-order chi connectivity index (χ0) is 23.6. The van der Waals surface area contributed by atoms with Gasteiger partial charge in [0, 0.05) is 11.4 Å². The molecule has 0 aliphatic carbocycles. The van der Waals surface area contributed by atoms with Gasteiger partial charge in [0.25, 0.3) is 5.91 Å². The van der Waals surface area contributed by atoms with E-state index in [1.54, 1.807) is 18.2 Å². The van der Waals surface area contributed by atoms with Crippen LogP contribution in [0, 0.1) is 17.1 Å². The average molecular weight is 469 g/mol. The molecule has 4 rings (SSSR count). The van der Waals surface area contributed by atoms with E-state index in [0.717, 1.165) is 6.20 Å². The van der Waals surface area contributed by atoms with E-state index in [1.165, 1.54) is 29.2 Å². The summed E-state index contributed by atoms with van der Waals surface area (Å²) in [6.07, 6.45) is 0.962. The van der Waals surface area contributed by atoms with Crippen molar-refractivity contribution in [3.05, 3.63) is 54.5 Å². The quantitative estimate of drug-likeness (QED) is 0.458. The second-order valence-electron chi connectivity index (χ2n) is 6.82. The molecule has 4 N–H and O–H groups in total. The van der Waals surface area contributed by atoms with Gasteiger partial charge in [0.05, 0.1) is 22.8 Å². The third-order valence-corrected chi connectivity index (χ3v) is 5.51. The first-order valence-electron chi connectivity index (χ1n) is 9.38. The zero-order valence-electron chi connectivity index (χ0n) is 16.8. The number of halogens is 1. The molecule has 1 aliphatic heterocycles. The fourth-order valence-electron chi connectivity index (χ4n) is 3.03. The van der Waals surface area contributed by atoms with Gasteiger partial charge < -0.3 is 15.4 Å². The Morgan fingerprint density at radius 3 is 2.61 bits per heavy atom. The number of hydrogen-bond acceptors (Lipinski definition) is 9. The number of hydrogen-bond donors (Lipinski definition) is 3. The summed E-state index contributed by atoms with van der Waals surface area (Å²) in [5, 5.41) is 19.7. The fourth-order valence-corrected chi connectivity index (χ4v) is 3.55. The molecule has 168 valence electrons. The molecule has 0 saturated carbocycles. The maximum atomic E-state index is 14.3. The Hall–Kier alpha value is -4.28. The molecule has 0 fully saturated rings. The third-order valence-electron chi connectivity index (χ3n) is 4.58. The molecule has 1 amide bonds. The number of anilines is 5. The number of rotatable bonds is 6. The lowest BCUT2D eigenvalue weighted by molar-refractivity contribution is -0.121. The van der Waals surface area contributed by atoms with Crippen molar-refractivity contribution >= 4 is 44.8 Å². The molecule has 0 bridgehead atoms. The van der Waals surface area contributed by atoms with Crippen molar-refractivity contribution in [3.8, 4) is 11.8 Å². The molecule has 1 aromatic heterocycles. The number of carbonyl (C=O) groups excluding carboxylic acids is 1. The first kappa shape index (κ1) is 21.9. The summed E-state index contributed by atoms with van der Waals surface area (Å²) < 4.78 is 42.4. The number of nitrogens with one attached hydrogen (secondary N) is 2. The minimum Gasteiger partial charge on any atom is -0.482 e. The van der Waals surface area contributed by atoms with Crippen molar-refractivity contribution in [1.29, 1.82) is 5.26 Å². The van der Waals surface area contributed by atoms with Crippen molar-refractivity contribution in [2.24, 2.45) is 5.14 Å². The number of benzene rings is 2. The summed E-state index contributed by atoms with van der Waals surface area (Å²) in [5.41, 5.74) is 1.23.